The second-order valence-electron chi connectivity index (χ2n) is 9.74. The van der Waals surface area contributed by atoms with E-state index in [0.29, 0.717) is 61.2 Å². The predicted octanol–water partition coefficient (Wildman–Crippen LogP) is 3.95. The first kappa shape index (κ1) is 28.4. The zero-order valence-electron chi connectivity index (χ0n) is 23.2. The van der Waals surface area contributed by atoms with Gasteiger partial charge in [-0.3, -0.25) is 14.5 Å². The van der Waals surface area contributed by atoms with Crippen LogP contribution >= 0.6 is 0 Å². The van der Waals surface area contributed by atoms with Gasteiger partial charge in [-0.15, -0.1) is 0 Å². The molecule has 2 aromatic rings. The molecule has 1 N–H and O–H groups in total. The van der Waals surface area contributed by atoms with Crippen LogP contribution in [0.5, 0.6) is 17.2 Å². The van der Waals surface area contributed by atoms with E-state index in [1.54, 1.807) is 42.3 Å². The fraction of sp³-hybridized carbons (Fsp3) is 0.467. The highest BCUT2D eigenvalue weighted by atomic mass is 16.5. The Morgan fingerprint density at radius 2 is 1.77 bits per heavy atom. The number of Topliss-reactive ketones (excluding diaryl/α,β-unsaturated/α-hetero) is 1. The van der Waals surface area contributed by atoms with Crippen LogP contribution in [0.4, 0.5) is 0 Å². The highest BCUT2D eigenvalue weighted by Crippen LogP contribution is 2.42. The number of hydrogen-bond donors (Lipinski definition) is 1. The lowest BCUT2D eigenvalue weighted by molar-refractivity contribution is -0.140. The van der Waals surface area contributed by atoms with Crippen molar-refractivity contribution >= 4 is 17.4 Å². The molecule has 0 aromatic heterocycles. The summed E-state index contributed by atoms with van der Waals surface area (Å²) in [6.45, 7) is 8.67. The maximum absolute atomic E-state index is 13.5. The van der Waals surface area contributed by atoms with Crippen LogP contribution in [0.25, 0.3) is 5.76 Å². The SMILES string of the molecule is CCCOc1ccc(C(O)=C2C(=O)C(=O)N(CCCN3CCOCC3)C2c2ccc(OC)c(OC)c2)c(C)c1. The normalized spacial score (nSPS) is 19.4. The lowest BCUT2D eigenvalue weighted by Gasteiger charge is -2.29. The van der Waals surface area contributed by atoms with Crippen molar-refractivity contribution < 1.29 is 33.6 Å². The molecule has 39 heavy (non-hydrogen) atoms. The van der Waals surface area contributed by atoms with Crippen molar-refractivity contribution in [2.45, 2.75) is 32.7 Å². The molecule has 0 radical (unpaired) electrons. The van der Waals surface area contributed by atoms with Gasteiger partial charge in [0.15, 0.2) is 11.5 Å². The third-order valence-electron chi connectivity index (χ3n) is 7.17. The number of methoxy groups -OCH3 is 2. The zero-order valence-corrected chi connectivity index (χ0v) is 23.2. The first-order valence-electron chi connectivity index (χ1n) is 13.4. The van der Waals surface area contributed by atoms with Crippen molar-refractivity contribution in [3.8, 4) is 17.2 Å². The predicted molar refractivity (Wildman–Crippen MR) is 147 cm³/mol. The topological polar surface area (TPSA) is 97.8 Å². The number of aryl methyl sites for hydroxylation is 1. The Labute approximate surface area is 229 Å². The highest BCUT2D eigenvalue weighted by Gasteiger charge is 2.46. The van der Waals surface area contributed by atoms with Gasteiger partial charge in [-0.05, 0) is 61.2 Å². The minimum absolute atomic E-state index is 0.0592. The number of nitrogens with zero attached hydrogens (tertiary/aromatic N) is 2. The Morgan fingerprint density at radius 3 is 2.44 bits per heavy atom. The fourth-order valence-electron chi connectivity index (χ4n) is 5.13. The number of ketones is 1. The second-order valence-corrected chi connectivity index (χ2v) is 9.74. The standard InChI is InChI=1S/C30H38N2O7/c1-5-15-39-22-8-9-23(20(2)18-22)28(33)26-27(21-7-10-24(36-3)25(19-21)37-4)32(30(35)29(26)34)12-6-11-31-13-16-38-17-14-31/h7-10,18-19,27,33H,5-6,11-17H2,1-4H3. The summed E-state index contributed by atoms with van der Waals surface area (Å²) in [5, 5.41) is 11.5. The highest BCUT2D eigenvalue weighted by molar-refractivity contribution is 6.46. The maximum atomic E-state index is 13.5. The number of ether oxygens (including phenoxy) is 4. The van der Waals surface area contributed by atoms with Gasteiger partial charge in [-0.2, -0.15) is 0 Å². The molecule has 210 valence electrons. The largest absolute Gasteiger partial charge is 0.507 e. The van der Waals surface area contributed by atoms with Crippen LogP contribution in [0.3, 0.4) is 0 Å². The van der Waals surface area contributed by atoms with Crippen LogP contribution in [0, 0.1) is 6.92 Å². The van der Waals surface area contributed by atoms with E-state index in [4.69, 9.17) is 18.9 Å². The number of morpholine rings is 1. The molecule has 9 nitrogen and oxygen atoms in total. The minimum atomic E-state index is -0.773. The Kier molecular flexibility index (Phi) is 9.48. The number of carbonyl (C=O) groups excluding carboxylic acids is 2. The van der Waals surface area contributed by atoms with E-state index >= 15 is 0 Å². The summed E-state index contributed by atoms with van der Waals surface area (Å²) >= 11 is 0. The van der Waals surface area contributed by atoms with Gasteiger partial charge < -0.3 is 29.0 Å². The van der Waals surface area contributed by atoms with E-state index in [-0.39, 0.29) is 11.3 Å². The molecule has 0 aliphatic carbocycles. The van der Waals surface area contributed by atoms with Gasteiger partial charge in [0.25, 0.3) is 11.7 Å². The Bertz CT molecular complexity index is 1220. The number of amides is 1. The lowest BCUT2D eigenvalue weighted by Crippen LogP contribution is -2.39. The molecule has 2 saturated heterocycles. The summed E-state index contributed by atoms with van der Waals surface area (Å²) in [7, 11) is 3.08. The Hall–Kier alpha value is -3.56. The van der Waals surface area contributed by atoms with Crippen molar-refractivity contribution in [1.82, 2.24) is 9.80 Å². The third kappa shape index (κ3) is 6.20. The van der Waals surface area contributed by atoms with E-state index < -0.39 is 17.7 Å². The number of carbonyl (C=O) groups is 2. The fourth-order valence-corrected chi connectivity index (χ4v) is 5.13. The molecule has 2 aliphatic heterocycles. The average molecular weight is 539 g/mol. The lowest BCUT2D eigenvalue weighted by atomic mass is 9.93. The van der Waals surface area contributed by atoms with Crippen molar-refractivity contribution in [3.63, 3.8) is 0 Å². The van der Waals surface area contributed by atoms with E-state index in [1.165, 1.54) is 7.11 Å². The van der Waals surface area contributed by atoms with E-state index in [9.17, 15) is 14.7 Å². The first-order chi connectivity index (χ1) is 18.9. The number of benzene rings is 2. The number of aliphatic hydroxyl groups is 1. The first-order valence-corrected chi connectivity index (χ1v) is 13.4. The molecule has 4 rings (SSSR count). The van der Waals surface area contributed by atoms with Gasteiger partial charge >= 0.3 is 0 Å². The van der Waals surface area contributed by atoms with E-state index in [1.807, 2.05) is 19.9 Å². The van der Waals surface area contributed by atoms with Crippen molar-refractivity contribution in [2.24, 2.45) is 0 Å². The number of aliphatic hydroxyl groups excluding tert-OH is 1. The third-order valence-corrected chi connectivity index (χ3v) is 7.17. The van der Waals surface area contributed by atoms with Crippen LogP contribution in [-0.4, -0.2) is 86.8 Å². The van der Waals surface area contributed by atoms with E-state index in [2.05, 4.69) is 4.90 Å². The van der Waals surface area contributed by atoms with Crippen molar-refractivity contribution in [2.75, 3.05) is 60.2 Å². The molecule has 2 aromatic carbocycles. The summed E-state index contributed by atoms with van der Waals surface area (Å²) in [6, 6.07) is 9.85. The van der Waals surface area contributed by atoms with Gasteiger partial charge in [0.05, 0.1) is 45.7 Å². The summed E-state index contributed by atoms with van der Waals surface area (Å²) in [5.41, 5.74) is 1.94. The molecule has 2 fully saturated rings. The van der Waals surface area contributed by atoms with Gasteiger partial charge in [0.2, 0.25) is 0 Å². The smallest absolute Gasteiger partial charge is 0.295 e. The Morgan fingerprint density at radius 1 is 1.03 bits per heavy atom. The van der Waals surface area contributed by atoms with Crippen LogP contribution in [0.1, 0.15) is 42.5 Å². The maximum Gasteiger partial charge on any atom is 0.295 e. The molecule has 2 aliphatic rings. The Balaban J connectivity index is 1.72. The monoisotopic (exact) mass is 538 g/mol. The molecular formula is C30H38N2O7. The molecule has 0 spiro atoms. The second kappa shape index (κ2) is 13.0. The molecule has 0 bridgehead atoms. The average Bonchev–Trinajstić information content (AvgIpc) is 3.21. The number of hydrogen-bond acceptors (Lipinski definition) is 8. The van der Waals surface area contributed by atoms with Crippen molar-refractivity contribution in [3.05, 3.63) is 58.7 Å². The quantitative estimate of drug-likeness (QED) is 0.261. The number of likely N-dealkylation sites (tertiary alicyclic amines) is 1. The summed E-state index contributed by atoms with van der Waals surface area (Å²) in [4.78, 5) is 30.7. The van der Waals surface area contributed by atoms with Crippen LogP contribution < -0.4 is 14.2 Å². The van der Waals surface area contributed by atoms with Crippen LogP contribution in [-0.2, 0) is 14.3 Å². The number of rotatable bonds is 11. The molecule has 1 unspecified atom stereocenters. The molecule has 0 saturated carbocycles. The summed E-state index contributed by atoms with van der Waals surface area (Å²) < 4.78 is 22.0. The summed E-state index contributed by atoms with van der Waals surface area (Å²) in [5.74, 6) is 0.157. The van der Waals surface area contributed by atoms with E-state index in [0.717, 1.165) is 31.6 Å². The molecule has 2 heterocycles. The van der Waals surface area contributed by atoms with Gasteiger partial charge in [0, 0.05) is 31.7 Å². The van der Waals surface area contributed by atoms with Crippen molar-refractivity contribution in [1.29, 1.82) is 0 Å². The zero-order chi connectivity index (χ0) is 27.9. The molecule has 1 amide bonds. The van der Waals surface area contributed by atoms with Crippen LogP contribution in [0.15, 0.2) is 42.0 Å². The molecular weight excluding hydrogens is 500 g/mol. The van der Waals surface area contributed by atoms with Gasteiger partial charge in [-0.25, -0.2) is 0 Å². The van der Waals surface area contributed by atoms with Gasteiger partial charge in [0.1, 0.15) is 11.5 Å². The minimum Gasteiger partial charge on any atom is -0.507 e. The van der Waals surface area contributed by atoms with Crippen LogP contribution in [0.2, 0.25) is 0 Å². The van der Waals surface area contributed by atoms with Gasteiger partial charge in [-0.1, -0.05) is 13.0 Å². The summed E-state index contributed by atoms with van der Waals surface area (Å²) in [6.07, 6.45) is 1.56. The molecule has 9 heteroatoms. The molecule has 1 atom stereocenters.